The van der Waals surface area contributed by atoms with Crippen molar-refractivity contribution in [2.24, 2.45) is 81.6 Å². The molecule has 0 aliphatic heterocycles. The van der Waals surface area contributed by atoms with E-state index in [1.807, 2.05) is 245 Å². The molecule has 4 rings (SSSR count). The van der Waals surface area contributed by atoms with Crippen LogP contribution in [0.15, 0.2) is 179 Å². The Morgan fingerprint density at radius 1 is 0.246 bits per heavy atom. The summed E-state index contributed by atoms with van der Waals surface area (Å²) >= 11 is 42.9. The number of amidine groups is 8. The molecule has 25 nitrogen and oxygen atoms in total. The predicted octanol–water partition coefficient (Wildman–Crippen LogP) is 14.0. The predicted molar refractivity (Wildman–Crippen MR) is 510 cm³/mol. The van der Waals surface area contributed by atoms with Crippen LogP contribution in [0.5, 0.6) is 0 Å². The summed E-state index contributed by atoms with van der Waals surface area (Å²) in [5.74, 6) is 0. The number of hydrogen-bond donors (Lipinski definition) is 0. The summed E-state index contributed by atoms with van der Waals surface area (Å²) in [7, 11) is 0. The van der Waals surface area contributed by atoms with E-state index >= 15 is 0 Å². The van der Waals surface area contributed by atoms with Crippen LogP contribution >= 0.6 is 0 Å². The third kappa shape index (κ3) is 42.8. The van der Waals surface area contributed by atoms with Crippen molar-refractivity contribution in [3.8, 4) is 0 Å². The van der Waals surface area contributed by atoms with E-state index in [-0.39, 0.29) is 68.3 Å². The van der Waals surface area contributed by atoms with Crippen molar-refractivity contribution in [3.63, 3.8) is 0 Å². The molecule has 0 spiro atoms. The molecule has 0 saturated carbocycles. The molecule has 0 saturated heterocycles. The van der Waals surface area contributed by atoms with Crippen molar-refractivity contribution in [1.29, 1.82) is 0 Å². The molecule has 0 aromatic heterocycles. The van der Waals surface area contributed by atoms with Crippen LogP contribution in [0.25, 0.3) is 0 Å². The van der Waals surface area contributed by atoms with Gasteiger partial charge in [-0.1, -0.05) is 115 Å². The van der Waals surface area contributed by atoms with Gasteiger partial charge in [0.15, 0.2) is 0 Å². The van der Waals surface area contributed by atoms with Gasteiger partial charge < -0.3 is 140 Å². The third-order valence-corrected chi connectivity index (χ3v) is 20.1. The fourth-order valence-electron chi connectivity index (χ4n) is 9.89. The smallest absolute Gasteiger partial charge is 0.741 e. The molecule has 4 aromatic rings. The van der Waals surface area contributed by atoms with Crippen LogP contribution in [0.3, 0.4) is 0 Å². The van der Waals surface area contributed by atoms with Gasteiger partial charge in [0.25, 0.3) is 0 Å². The standard InChI is InChI=1S/C21H34N6S2.C20H30N6OS2.2C20H32N6S2.4Cu/c1-7-17-12-14-18(15-13-17)19(23-25-21(29)27(10-4)11-5)16(6)22-24-20(28)26(8-2)9-3;1-6-25(7-2)19(28)23-21-15(5)18(17-12-10-16(14-27)11-13-17)22-24-20(29)26(8-3)9-4;2*1-7-25(8-2)19(27)23-21-16(6)18(17-13-11-15(5)12-14-17)22-24-20(28)26(9-3)10-4;;;;/h12-15H,7-11H2,1-6H3,(H,24,28)(H,25,29);10-14H,6-9H2,1-5H3,(H,23,28)(H,24,29);2*11-14H,7-10H2,1-6H3,(H,23,27)(H,24,28);;;;/q;;;;4*+2/p-8. The van der Waals surface area contributed by atoms with Crippen LogP contribution in [0.1, 0.15) is 195 Å². The van der Waals surface area contributed by atoms with Gasteiger partial charge in [-0.05, 0) is 164 Å². The fourth-order valence-corrected chi connectivity index (χ4v) is 12.3. The van der Waals surface area contributed by atoms with Crippen LogP contribution < -0.4 is 0 Å². The van der Waals surface area contributed by atoms with Crippen LogP contribution in [0.2, 0.25) is 0 Å². The molecule has 0 fully saturated rings. The monoisotopic (exact) mass is 1950 g/mol. The zero-order valence-electron chi connectivity index (χ0n) is 72.4. The molecule has 37 heteroatoms. The maximum atomic E-state index is 10.9. The van der Waals surface area contributed by atoms with E-state index in [0.29, 0.717) is 92.6 Å². The van der Waals surface area contributed by atoms with E-state index in [1.54, 1.807) is 31.2 Å². The number of carbonyl (C=O) groups excluding carboxylic acids is 1. The Bertz CT molecular complexity index is 3920. The van der Waals surface area contributed by atoms with Gasteiger partial charge in [-0.15, -0.1) is 20.4 Å². The summed E-state index contributed by atoms with van der Waals surface area (Å²) in [6.45, 7) is 58.5. The topological polar surface area (TPSA) is 241 Å². The number of benzene rings is 4. The summed E-state index contributed by atoms with van der Waals surface area (Å²) < 4.78 is 0. The van der Waals surface area contributed by atoms with Gasteiger partial charge in [-0.2, -0.15) is 61.2 Å². The molecular weight excluding hydrogens is 1840 g/mol. The molecule has 662 valence electrons. The van der Waals surface area contributed by atoms with Gasteiger partial charge in [0.05, 0.1) is 22.8 Å². The molecule has 0 heterocycles. The number of carbonyl (C=O) groups is 1. The van der Waals surface area contributed by atoms with Crippen molar-refractivity contribution in [3.05, 3.63) is 142 Å². The van der Waals surface area contributed by atoms with Crippen molar-refractivity contribution >= 4 is 194 Å². The molecular formula is C81H120Cu4N24OS8. The Hall–Kier alpha value is -6.49. The van der Waals surface area contributed by atoms with Crippen LogP contribution in [-0.4, -0.2) is 237 Å². The Morgan fingerprint density at radius 3 is 0.551 bits per heavy atom. The minimum atomic E-state index is 0. The molecule has 4 radical (unpaired) electrons. The second-order valence-electron chi connectivity index (χ2n) is 24.5. The normalized spacial score (nSPS) is 13.1. The summed E-state index contributed by atoms with van der Waals surface area (Å²) in [5.41, 5.74) is 12.5. The minimum absolute atomic E-state index is 0. The van der Waals surface area contributed by atoms with Crippen LogP contribution in [0, 0.1) is 13.8 Å². The number of rotatable bonds is 34. The number of hydrogen-bond acceptors (Lipinski definition) is 25. The zero-order chi connectivity index (χ0) is 85.8. The van der Waals surface area contributed by atoms with Gasteiger partial charge in [0.1, 0.15) is 29.1 Å². The Morgan fingerprint density at radius 2 is 0.398 bits per heavy atom. The van der Waals surface area contributed by atoms with Crippen molar-refractivity contribution in [2.45, 2.75) is 166 Å². The number of nitrogens with zero attached hydrogens (tertiary/aromatic N) is 24. The molecule has 0 bridgehead atoms. The van der Waals surface area contributed by atoms with Crippen molar-refractivity contribution in [2.75, 3.05) is 105 Å². The van der Waals surface area contributed by atoms with Crippen LogP contribution in [-0.2, 0) is 176 Å². The molecule has 4 aromatic carbocycles. The van der Waals surface area contributed by atoms with Gasteiger partial charge in [-0.3, -0.25) is 4.79 Å². The Balaban J connectivity index is -0.000000726. The minimum Gasteiger partial charge on any atom is -0.741 e. The number of aldehydes is 1. The first-order valence-corrected chi connectivity index (χ1v) is 42.1. The van der Waals surface area contributed by atoms with Crippen molar-refractivity contribution in [1.82, 2.24) is 39.2 Å². The molecule has 0 amide bonds. The summed E-state index contributed by atoms with van der Waals surface area (Å²) in [4.78, 5) is 26.6. The van der Waals surface area contributed by atoms with Gasteiger partial charge >= 0.3 is 68.3 Å². The van der Waals surface area contributed by atoms with Gasteiger partial charge in [-0.25, -0.2) is 0 Å². The van der Waals surface area contributed by atoms with E-state index in [0.717, 1.165) is 140 Å². The molecule has 0 N–H and O–H groups in total. The molecule has 0 unspecified atom stereocenters. The van der Waals surface area contributed by atoms with E-state index < -0.39 is 0 Å². The Kier molecular flexibility index (Phi) is 68.0. The fraction of sp³-hybridized carbons (Fsp3) is 0.494. The van der Waals surface area contributed by atoms with Gasteiger partial charge in [0.2, 0.25) is 0 Å². The van der Waals surface area contributed by atoms with E-state index in [2.05, 4.69) is 101 Å². The van der Waals surface area contributed by atoms with Gasteiger partial charge in [0, 0.05) is 174 Å². The SMILES string of the molecule is CCN(CC)C([S-])=NN=C(C)C(=NN=C([S-])N(CC)CC)c1ccc(C)cc1.CCN(CC)C([S-])=NN=C(C)C(=NN=C([S-])N(CC)CC)c1ccc(C)cc1.CCN(CC)C([S-])=NN=C(C)C(=NN=C([S-])N(CC)CC)c1ccc(C=O)cc1.CCc1ccc(C(=NN=C([S-])N(CC)CC)C(C)=NN=C([S-])N(CC)CC)cc1.[Cu+2].[Cu+2].[Cu+2].[Cu+2]. The quantitative estimate of drug-likeness (QED) is 0.0105. The summed E-state index contributed by atoms with van der Waals surface area (Å²) in [6.07, 6.45) is 1.77. The maximum absolute atomic E-state index is 10.9. The largest absolute Gasteiger partial charge is 2.00 e. The van der Waals surface area contributed by atoms with E-state index in [1.165, 1.54) is 16.7 Å². The molecule has 0 aliphatic rings. The summed E-state index contributed by atoms with van der Waals surface area (Å²) in [5, 5.41) is 72.2. The first kappa shape index (κ1) is 118. The third-order valence-electron chi connectivity index (χ3n) is 17.3. The number of aryl methyl sites for hydroxylation is 3. The second kappa shape index (κ2) is 68.1. The zero-order valence-corrected chi connectivity index (χ0v) is 82.7. The maximum Gasteiger partial charge on any atom is 2.00 e. The second-order valence-corrected chi connectivity index (χ2v) is 27.4. The molecule has 118 heavy (non-hydrogen) atoms. The van der Waals surface area contributed by atoms with Crippen molar-refractivity contribution < 1.29 is 73.1 Å². The molecule has 0 aliphatic carbocycles. The average molecular weight is 1960 g/mol. The summed E-state index contributed by atoms with van der Waals surface area (Å²) in [6, 6.07) is 31.3. The first-order valence-electron chi connectivity index (χ1n) is 38.8. The Labute approximate surface area is 792 Å². The van der Waals surface area contributed by atoms with E-state index in [4.69, 9.17) is 101 Å². The molecule has 0 atom stereocenters. The average Bonchev–Trinajstić information content (AvgIpc) is 0.862. The van der Waals surface area contributed by atoms with E-state index in [9.17, 15) is 4.79 Å². The first-order chi connectivity index (χ1) is 54.6. The van der Waals surface area contributed by atoms with Crippen LogP contribution in [0.4, 0.5) is 0 Å².